The molecule has 1 aromatic heterocycles. The fourth-order valence-electron chi connectivity index (χ4n) is 2.82. The molecular formula is C18H20N4O4. The van der Waals surface area contributed by atoms with E-state index in [4.69, 9.17) is 4.52 Å². The van der Waals surface area contributed by atoms with Crippen LogP contribution >= 0.6 is 0 Å². The van der Waals surface area contributed by atoms with Crippen molar-refractivity contribution in [2.24, 2.45) is 5.92 Å². The van der Waals surface area contributed by atoms with E-state index in [-0.39, 0.29) is 12.4 Å². The first kappa shape index (κ1) is 17.8. The van der Waals surface area contributed by atoms with E-state index in [2.05, 4.69) is 10.1 Å². The van der Waals surface area contributed by atoms with E-state index in [1.807, 2.05) is 32.0 Å². The van der Waals surface area contributed by atoms with Gasteiger partial charge in [0.25, 0.3) is 0 Å². The minimum Gasteiger partial charge on any atom is -0.337 e. The summed E-state index contributed by atoms with van der Waals surface area (Å²) < 4.78 is 5.10. The zero-order valence-corrected chi connectivity index (χ0v) is 14.9. The topological polar surface area (TPSA) is 96.6 Å². The number of rotatable bonds is 6. The molecule has 0 spiro atoms. The molecule has 4 amide bonds. The predicted molar refractivity (Wildman–Crippen MR) is 90.5 cm³/mol. The van der Waals surface area contributed by atoms with E-state index in [0.717, 1.165) is 15.4 Å². The van der Waals surface area contributed by atoms with Crippen molar-refractivity contribution in [1.82, 2.24) is 19.9 Å². The third kappa shape index (κ3) is 3.35. The number of hydrogen-bond donors (Lipinski definition) is 0. The Balaban J connectivity index is 1.77. The molecule has 1 aliphatic heterocycles. The molecule has 1 aliphatic rings. The molecule has 1 saturated heterocycles. The van der Waals surface area contributed by atoms with Crippen LogP contribution in [0.1, 0.15) is 44.1 Å². The van der Waals surface area contributed by atoms with Crippen molar-refractivity contribution in [3.05, 3.63) is 47.6 Å². The van der Waals surface area contributed by atoms with Crippen molar-refractivity contribution in [3.63, 3.8) is 0 Å². The van der Waals surface area contributed by atoms with Crippen LogP contribution in [0.5, 0.6) is 0 Å². The molecule has 8 nitrogen and oxygen atoms in total. The van der Waals surface area contributed by atoms with Gasteiger partial charge in [-0.15, -0.1) is 0 Å². The summed E-state index contributed by atoms with van der Waals surface area (Å²) in [5, 5.41) is 3.84. The highest BCUT2D eigenvalue weighted by Gasteiger charge is 2.47. The van der Waals surface area contributed by atoms with Crippen molar-refractivity contribution in [1.29, 1.82) is 0 Å². The number of aromatic nitrogens is 2. The summed E-state index contributed by atoms with van der Waals surface area (Å²) in [4.78, 5) is 43.2. The van der Waals surface area contributed by atoms with Crippen LogP contribution < -0.4 is 0 Å². The molecule has 2 heterocycles. The highest BCUT2D eigenvalue weighted by atomic mass is 16.5. The van der Waals surface area contributed by atoms with E-state index in [0.29, 0.717) is 18.2 Å². The van der Waals surface area contributed by atoms with E-state index in [1.165, 1.54) is 0 Å². The SMILES string of the molecule is CC(C)Cc1noc(CN2C(=O)C(=O)N(C(C)c3ccccc3)C2=O)n1. The Kier molecular flexibility index (Phi) is 4.83. The zero-order valence-electron chi connectivity index (χ0n) is 14.9. The summed E-state index contributed by atoms with van der Waals surface area (Å²) in [5.41, 5.74) is 0.765. The predicted octanol–water partition coefficient (Wildman–Crippen LogP) is 2.32. The summed E-state index contributed by atoms with van der Waals surface area (Å²) in [6, 6.07) is 7.83. The van der Waals surface area contributed by atoms with Gasteiger partial charge < -0.3 is 4.52 Å². The Hall–Kier alpha value is -3.03. The summed E-state index contributed by atoms with van der Waals surface area (Å²) in [5.74, 6) is -0.756. The van der Waals surface area contributed by atoms with Gasteiger partial charge in [-0.3, -0.25) is 9.59 Å². The van der Waals surface area contributed by atoms with Crippen molar-refractivity contribution < 1.29 is 18.9 Å². The van der Waals surface area contributed by atoms with Crippen LogP contribution in [-0.2, 0) is 22.6 Å². The lowest BCUT2D eigenvalue weighted by molar-refractivity contribution is -0.144. The summed E-state index contributed by atoms with van der Waals surface area (Å²) in [7, 11) is 0. The van der Waals surface area contributed by atoms with Gasteiger partial charge in [0, 0.05) is 6.42 Å². The molecule has 0 aliphatic carbocycles. The maximum absolute atomic E-state index is 12.7. The van der Waals surface area contributed by atoms with Crippen molar-refractivity contribution in [3.8, 4) is 0 Å². The molecule has 1 atom stereocenters. The van der Waals surface area contributed by atoms with Crippen molar-refractivity contribution >= 4 is 17.8 Å². The summed E-state index contributed by atoms with van der Waals surface area (Å²) in [6.07, 6.45) is 0.626. The molecule has 2 aromatic rings. The third-order valence-corrected chi connectivity index (χ3v) is 4.15. The van der Waals surface area contributed by atoms with Gasteiger partial charge in [0.15, 0.2) is 5.82 Å². The molecule has 26 heavy (non-hydrogen) atoms. The van der Waals surface area contributed by atoms with Gasteiger partial charge in [-0.25, -0.2) is 14.6 Å². The molecule has 136 valence electrons. The molecule has 1 aromatic carbocycles. The molecule has 8 heteroatoms. The highest BCUT2D eigenvalue weighted by Crippen LogP contribution is 2.27. The molecule has 1 fully saturated rings. The molecule has 0 saturated carbocycles. The lowest BCUT2D eigenvalue weighted by Crippen LogP contribution is -2.35. The van der Waals surface area contributed by atoms with Crippen molar-refractivity contribution in [2.75, 3.05) is 0 Å². The molecule has 0 N–H and O–H groups in total. The molecule has 1 unspecified atom stereocenters. The Bertz CT molecular complexity index is 831. The first-order valence-electron chi connectivity index (χ1n) is 8.44. The third-order valence-electron chi connectivity index (χ3n) is 4.15. The molecule has 0 bridgehead atoms. The van der Waals surface area contributed by atoms with Gasteiger partial charge in [-0.2, -0.15) is 4.98 Å². The fourth-order valence-corrected chi connectivity index (χ4v) is 2.82. The van der Waals surface area contributed by atoms with E-state index >= 15 is 0 Å². The minimum atomic E-state index is -0.888. The van der Waals surface area contributed by atoms with Gasteiger partial charge in [-0.1, -0.05) is 49.3 Å². The fraction of sp³-hybridized carbons (Fsp3) is 0.389. The van der Waals surface area contributed by atoms with Crippen molar-refractivity contribution in [2.45, 2.75) is 39.8 Å². The number of hydrogen-bond acceptors (Lipinski definition) is 6. The largest absolute Gasteiger partial charge is 0.337 e. The lowest BCUT2D eigenvalue weighted by atomic mass is 10.1. The minimum absolute atomic E-state index is 0.129. The Morgan fingerprint density at radius 2 is 1.73 bits per heavy atom. The Morgan fingerprint density at radius 3 is 2.38 bits per heavy atom. The zero-order chi connectivity index (χ0) is 18.8. The average Bonchev–Trinajstić information content (AvgIpc) is 3.13. The van der Waals surface area contributed by atoms with E-state index in [9.17, 15) is 14.4 Å². The molecule has 3 rings (SSSR count). The number of carbonyl (C=O) groups is 3. The number of imide groups is 2. The quantitative estimate of drug-likeness (QED) is 0.582. The van der Waals surface area contributed by atoms with Crippen LogP contribution in [0.4, 0.5) is 4.79 Å². The van der Waals surface area contributed by atoms with E-state index < -0.39 is 23.9 Å². The number of nitrogens with zero attached hydrogens (tertiary/aromatic N) is 4. The maximum Gasteiger partial charge on any atom is 0.335 e. The lowest BCUT2D eigenvalue weighted by Gasteiger charge is -2.21. The van der Waals surface area contributed by atoms with E-state index in [1.54, 1.807) is 19.1 Å². The van der Waals surface area contributed by atoms with Gasteiger partial charge >= 0.3 is 17.8 Å². The number of carbonyl (C=O) groups excluding carboxylic acids is 3. The smallest absolute Gasteiger partial charge is 0.335 e. The molecular weight excluding hydrogens is 336 g/mol. The van der Waals surface area contributed by atoms with Crippen LogP contribution in [0.2, 0.25) is 0 Å². The monoisotopic (exact) mass is 356 g/mol. The Morgan fingerprint density at radius 1 is 1.04 bits per heavy atom. The second kappa shape index (κ2) is 7.07. The van der Waals surface area contributed by atoms with Crippen LogP contribution in [0, 0.1) is 5.92 Å². The second-order valence-electron chi connectivity index (χ2n) is 6.64. The van der Waals surface area contributed by atoms with Gasteiger partial charge in [0.1, 0.15) is 6.54 Å². The number of benzene rings is 1. The number of amides is 4. The first-order chi connectivity index (χ1) is 12.4. The normalized spacial score (nSPS) is 16.1. The molecule has 0 radical (unpaired) electrons. The number of urea groups is 1. The van der Waals surface area contributed by atoms with Crippen LogP contribution in [0.3, 0.4) is 0 Å². The average molecular weight is 356 g/mol. The van der Waals surface area contributed by atoms with Gasteiger partial charge in [0.2, 0.25) is 5.89 Å². The maximum atomic E-state index is 12.7. The van der Waals surface area contributed by atoms with Gasteiger partial charge in [-0.05, 0) is 18.4 Å². The van der Waals surface area contributed by atoms with Crippen LogP contribution in [0.15, 0.2) is 34.9 Å². The Labute approximate surface area is 150 Å². The van der Waals surface area contributed by atoms with Crippen LogP contribution in [0.25, 0.3) is 0 Å². The summed E-state index contributed by atoms with van der Waals surface area (Å²) >= 11 is 0. The van der Waals surface area contributed by atoms with Crippen LogP contribution in [-0.4, -0.2) is 37.8 Å². The first-order valence-corrected chi connectivity index (χ1v) is 8.44. The highest BCUT2D eigenvalue weighted by molar-refractivity contribution is 6.44. The summed E-state index contributed by atoms with van der Waals surface area (Å²) in [6.45, 7) is 5.53. The standard InChI is InChI=1S/C18H20N4O4/c1-11(2)9-14-19-15(26-20-14)10-21-16(23)17(24)22(18(21)25)12(3)13-7-5-4-6-8-13/h4-8,11-12H,9-10H2,1-3H3. The second-order valence-corrected chi connectivity index (χ2v) is 6.64. The van der Waals surface area contributed by atoms with Gasteiger partial charge in [0.05, 0.1) is 6.04 Å².